The molecular weight excluding hydrogens is 534 g/mol. The number of imide groups is 2. The topological polar surface area (TPSA) is 107 Å². The zero-order chi connectivity index (χ0) is 19.3. The number of nitrogens with one attached hydrogen (secondary N) is 1. The van der Waals surface area contributed by atoms with Crippen LogP contribution in [0.3, 0.4) is 0 Å². The van der Waals surface area contributed by atoms with Gasteiger partial charge in [0.1, 0.15) is 6.04 Å². The molecule has 2 fully saturated rings. The number of carbonyl (C=O) groups is 4. The van der Waals surface area contributed by atoms with Crippen molar-refractivity contribution in [2.75, 3.05) is 13.1 Å². The number of piperidine rings is 2. The first-order valence-electron chi connectivity index (χ1n) is 8.94. The molecule has 1 unspecified atom stereocenters. The maximum absolute atomic E-state index is 12.9. The van der Waals surface area contributed by atoms with Crippen molar-refractivity contribution < 1.29 is 45.3 Å². The van der Waals surface area contributed by atoms with Crippen molar-refractivity contribution in [1.82, 2.24) is 15.1 Å². The fraction of sp³-hybridized carbons (Fsp3) is 0.421. The molecule has 3 aliphatic rings. The van der Waals surface area contributed by atoms with Crippen molar-refractivity contribution >= 4 is 23.6 Å². The van der Waals surface area contributed by atoms with Gasteiger partial charge in [0.2, 0.25) is 11.8 Å². The van der Waals surface area contributed by atoms with Gasteiger partial charge in [-0.3, -0.25) is 36.4 Å². The standard InChI is InChI=1S/C19H20N3O5.W/c1-21-8-6-19(27,7-9-21)11-2-3-12-13(10-11)18(26)22(17(12)25)14-4-5-15(23)20-16(14)24;/h2-3,10,14,27H,1,4-9H2,(H,20,23,24);/q-1;. The molecule has 1 atom stereocenters. The van der Waals surface area contributed by atoms with Crippen LogP contribution in [0.15, 0.2) is 18.2 Å². The van der Waals surface area contributed by atoms with Crippen LogP contribution in [-0.4, -0.2) is 57.7 Å². The molecule has 1 aromatic rings. The van der Waals surface area contributed by atoms with E-state index in [1.807, 2.05) is 4.90 Å². The third kappa shape index (κ3) is 3.34. The second-order valence-corrected chi connectivity index (χ2v) is 7.36. The molecule has 0 saturated carbocycles. The molecule has 0 aliphatic carbocycles. The molecule has 1 aromatic carbocycles. The van der Waals surface area contributed by atoms with Gasteiger partial charge in [-0.25, -0.2) is 0 Å². The summed E-state index contributed by atoms with van der Waals surface area (Å²) >= 11 is 0. The van der Waals surface area contributed by atoms with Crippen LogP contribution in [0.5, 0.6) is 0 Å². The molecule has 9 heteroatoms. The van der Waals surface area contributed by atoms with E-state index in [2.05, 4.69) is 12.4 Å². The zero-order valence-electron chi connectivity index (χ0n) is 15.1. The normalized spacial score (nSPS) is 24.6. The Morgan fingerprint density at radius 1 is 1.07 bits per heavy atom. The zero-order valence-corrected chi connectivity index (χ0v) is 18.1. The van der Waals surface area contributed by atoms with Crippen LogP contribution in [0.2, 0.25) is 0 Å². The van der Waals surface area contributed by atoms with E-state index in [0.717, 1.165) is 4.90 Å². The van der Waals surface area contributed by atoms with Gasteiger partial charge in [0.15, 0.2) is 0 Å². The molecule has 0 aromatic heterocycles. The number of hydrogen-bond acceptors (Lipinski definition) is 6. The van der Waals surface area contributed by atoms with Gasteiger partial charge in [-0.2, -0.15) is 0 Å². The summed E-state index contributed by atoms with van der Waals surface area (Å²) in [6, 6.07) is 3.76. The number of benzene rings is 1. The average molecular weight is 554 g/mol. The third-order valence-corrected chi connectivity index (χ3v) is 5.66. The second-order valence-electron chi connectivity index (χ2n) is 7.36. The van der Waals surface area contributed by atoms with E-state index in [-0.39, 0.29) is 45.0 Å². The maximum Gasteiger partial charge on any atom is 0.262 e. The van der Waals surface area contributed by atoms with Gasteiger partial charge in [-0.05, 0) is 50.0 Å². The molecular formula is C19H20N3O5W-. The summed E-state index contributed by atoms with van der Waals surface area (Å²) in [7, 11) is 3.87. The van der Waals surface area contributed by atoms with Gasteiger partial charge in [-0.15, -0.1) is 0 Å². The van der Waals surface area contributed by atoms with E-state index in [1.165, 1.54) is 6.07 Å². The van der Waals surface area contributed by atoms with Crippen molar-refractivity contribution in [3.05, 3.63) is 41.9 Å². The minimum Gasteiger partial charge on any atom is -0.459 e. The molecule has 4 amide bonds. The first-order valence-corrected chi connectivity index (χ1v) is 8.94. The van der Waals surface area contributed by atoms with Crippen LogP contribution < -0.4 is 5.32 Å². The second kappa shape index (κ2) is 7.50. The quantitative estimate of drug-likeness (QED) is 0.399. The third-order valence-electron chi connectivity index (χ3n) is 5.66. The van der Waals surface area contributed by atoms with Crippen LogP contribution >= 0.6 is 0 Å². The molecule has 3 heterocycles. The van der Waals surface area contributed by atoms with Crippen LogP contribution in [0.4, 0.5) is 0 Å². The average Bonchev–Trinajstić information content (AvgIpc) is 2.89. The smallest absolute Gasteiger partial charge is 0.262 e. The van der Waals surface area contributed by atoms with Crippen molar-refractivity contribution in [2.45, 2.75) is 37.3 Å². The van der Waals surface area contributed by atoms with Crippen molar-refractivity contribution in [3.8, 4) is 0 Å². The number of aliphatic hydroxyl groups is 1. The van der Waals surface area contributed by atoms with Gasteiger partial charge in [-0.1, -0.05) is 6.07 Å². The predicted molar refractivity (Wildman–Crippen MR) is 93.2 cm³/mol. The molecule has 8 nitrogen and oxygen atoms in total. The number of fused-ring (bicyclic) bond motifs is 1. The molecule has 0 spiro atoms. The van der Waals surface area contributed by atoms with E-state index in [0.29, 0.717) is 31.5 Å². The van der Waals surface area contributed by atoms with Crippen molar-refractivity contribution in [1.29, 1.82) is 0 Å². The van der Waals surface area contributed by atoms with Crippen LogP contribution in [-0.2, 0) is 36.3 Å². The van der Waals surface area contributed by atoms with E-state index >= 15 is 0 Å². The minimum absolute atomic E-state index is 0. The van der Waals surface area contributed by atoms with E-state index in [1.54, 1.807) is 12.1 Å². The Balaban J connectivity index is 0.00000225. The van der Waals surface area contributed by atoms with E-state index < -0.39 is 35.3 Å². The Hall–Kier alpha value is -1.89. The fourth-order valence-corrected chi connectivity index (χ4v) is 3.97. The molecule has 0 bridgehead atoms. The summed E-state index contributed by atoms with van der Waals surface area (Å²) in [6.45, 7) is 1.26. The van der Waals surface area contributed by atoms with Gasteiger partial charge >= 0.3 is 0 Å². The minimum atomic E-state index is -1.07. The van der Waals surface area contributed by atoms with E-state index in [4.69, 9.17) is 0 Å². The fourth-order valence-electron chi connectivity index (χ4n) is 3.97. The Kier molecular flexibility index (Phi) is 5.58. The van der Waals surface area contributed by atoms with Crippen molar-refractivity contribution in [3.63, 3.8) is 0 Å². The first-order chi connectivity index (χ1) is 12.8. The van der Waals surface area contributed by atoms with Crippen LogP contribution in [0.25, 0.3) is 0 Å². The van der Waals surface area contributed by atoms with Crippen LogP contribution in [0.1, 0.15) is 52.0 Å². The molecule has 0 radical (unpaired) electrons. The largest absolute Gasteiger partial charge is 0.459 e. The first kappa shape index (κ1) is 20.8. The molecule has 4 rings (SSSR count). The summed E-state index contributed by atoms with van der Waals surface area (Å²) in [5.74, 6) is -2.16. The van der Waals surface area contributed by atoms with Gasteiger partial charge in [0.05, 0.1) is 16.7 Å². The molecule has 148 valence electrons. The summed E-state index contributed by atoms with van der Waals surface area (Å²) < 4.78 is 0. The molecule has 2 saturated heterocycles. The summed E-state index contributed by atoms with van der Waals surface area (Å²) in [5.41, 5.74) is -0.0887. The SMILES string of the molecule is [CH2-]N1CCC(O)(c2ccc3c(c2)C(=O)N(C2CCC(=O)NC2=O)C3=O)CC1.[W]. The molecule has 3 aliphatic heterocycles. The Morgan fingerprint density at radius 3 is 2.36 bits per heavy atom. The Labute approximate surface area is 176 Å². The number of nitrogens with zero attached hydrogens (tertiary/aromatic N) is 2. The molecule has 28 heavy (non-hydrogen) atoms. The maximum atomic E-state index is 12.9. The number of hydrogen-bond donors (Lipinski definition) is 2. The van der Waals surface area contributed by atoms with Gasteiger partial charge < -0.3 is 10.0 Å². The molecule has 2 N–H and O–H groups in total. The van der Waals surface area contributed by atoms with Crippen LogP contribution in [0, 0.1) is 7.05 Å². The number of carbonyl (C=O) groups excluding carboxylic acids is 4. The summed E-state index contributed by atoms with van der Waals surface area (Å²) in [5, 5.41) is 13.1. The predicted octanol–water partition coefficient (Wildman–Crippen LogP) is 0.160. The van der Waals surface area contributed by atoms with E-state index in [9.17, 15) is 24.3 Å². The van der Waals surface area contributed by atoms with Gasteiger partial charge in [0, 0.05) is 27.5 Å². The summed E-state index contributed by atoms with van der Waals surface area (Å²) in [6.07, 6.45) is 1.16. The van der Waals surface area contributed by atoms with Gasteiger partial charge in [0.25, 0.3) is 11.8 Å². The summed E-state index contributed by atoms with van der Waals surface area (Å²) in [4.78, 5) is 51.8. The number of rotatable bonds is 2. The Bertz CT molecular complexity index is 863. The number of amides is 4. The Morgan fingerprint density at radius 2 is 1.71 bits per heavy atom. The monoisotopic (exact) mass is 554 g/mol. The number of likely N-dealkylation sites (tertiary alicyclic amines) is 1. The van der Waals surface area contributed by atoms with Crippen molar-refractivity contribution in [2.24, 2.45) is 0 Å².